The fourth-order valence-corrected chi connectivity index (χ4v) is 3.74. The van der Waals surface area contributed by atoms with E-state index < -0.39 is 0 Å². The van der Waals surface area contributed by atoms with Gasteiger partial charge in [0.2, 0.25) is 5.91 Å². The van der Waals surface area contributed by atoms with Crippen molar-refractivity contribution in [2.75, 3.05) is 18.2 Å². The molecule has 1 N–H and O–H groups in total. The summed E-state index contributed by atoms with van der Waals surface area (Å²) in [6.45, 7) is 7.04. The molecule has 0 saturated carbocycles. The first kappa shape index (κ1) is 20.9. The maximum Gasteiger partial charge on any atom is 0.234 e. The molecule has 1 heterocycles. The van der Waals surface area contributed by atoms with Gasteiger partial charge in [-0.2, -0.15) is 0 Å². The lowest BCUT2D eigenvalue weighted by atomic mass is 10.0. The summed E-state index contributed by atoms with van der Waals surface area (Å²) in [5.41, 5.74) is 2.98. The highest BCUT2D eigenvalue weighted by Gasteiger charge is 2.15. The first-order chi connectivity index (χ1) is 14.0. The summed E-state index contributed by atoms with van der Waals surface area (Å²) in [5, 5.41) is 12.3. The predicted octanol–water partition coefficient (Wildman–Crippen LogP) is 4.83. The molecule has 3 rings (SSSR count). The molecular formula is C22H26N4O2S. The number of carbonyl (C=O) groups is 1. The summed E-state index contributed by atoms with van der Waals surface area (Å²) in [4.78, 5) is 12.4. The van der Waals surface area contributed by atoms with E-state index in [0.29, 0.717) is 12.5 Å². The minimum atomic E-state index is -0.0686. The number of amides is 1. The van der Waals surface area contributed by atoms with Crippen LogP contribution in [-0.2, 0) is 11.3 Å². The smallest absolute Gasteiger partial charge is 0.234 e. The fraction of sp³-hybridized carbons (Fsp3) is 0.318. The van der Waals surface area contributed by atoms with Crippen molar-refractivity contribution in [2.45, 2.75) is 38.4 Å². The van der Waals surface area contributed by atoms with Gasteiger partial charge in [-0.3, -0.25) is 4.79 Å². The largest absolute Gasteiger partial charge is 0.497 e. The van der Waals surface area contributed by atoms with Gasteiger partial charge < -0.3 is 14.6 Å². The SMILES string of the molecule is CCn1c(SCC(=O)Nc2ccc(C(C)C)cc2)nnc1-c1cccc(OC)c1. The standard InChI is InChI=1S/C22H26N4O2S/c1-5-26-21(17-7-6-8-19(13-17)28-4)24-25-22(26)29-14-20(27)23-18-11-9-16(10-12-18)15(2)3/h6-13,15H,5,14H2,1-4H3,(H,23,27). The van der Waals surface area contributed by atoms with Crippen molar-refractivity contribution in [3.8, 4) is 17.1 Å². The van der Waals surface area contributed by atoms with Gasteiger partial charge in [0.1, 0.15) is 5.75 Å². The monoisotopic (exact) mass is 410 g/mol. The van der Waals surface area contributed by atoms with Gasteiger partial charge in [0.05, 0.1) is 12.9 Å². The molecule has 1 amide bonds. The Morgan fingerprint density at radius 2 is 1.93 bits per heavy atom. The second kappa shape index (κ2) is 9.60. The molecule has 29 heavy (non-hydrogen) atoms. The molecule has 0 aliphatic rings. The van der Waals surface area contributed by atoms with Crippen molar-refractivity contribution < 1.29 is 9.53 Å². The first-order valence-corrected chi connectivity index (χ1v) is 10.6. The second-order valence-electron chi connectivity index (χ2n) is 6.90. The van der Waals surface area contributed by atoms with E-state index in [2.05, 4.69) is 29.4 Å². The van der Waals surface area contributed by atoms with E-state index in [9.17, 15) is 4.79 Å². The molecule has 6 nitrogen and oxygen atoms in total. The van der Waals surface area contributed by atoms with Crippen LogP contribution in [0.15, 0.2) is 53.7 Å². The minimum Gasteiger partial charge on any atom is -0.497 e. The van der Waals surface area contributed by atoms with Crippen LogP contribution < -0.4 is 10.1 Å². The topological polar surface area (TPSA) is 69.0 Å². The number of aromatic nitrogens is 3. The van der Waals surface area contributed by atoms with Crippen LogP contribution in [0.4, 0.5) is 5.69 Å². The van der Waals surface area contributed by atoms with Crippen LogP contribution in [0.2, 0.25) is 0 Å². The Morgan fingerprint density at radius 1 is 1.17 bits per heavy atom. The molecule has 7 heteroatoms. The number of rotatable bonds is 8. The molecule has 0 unspecified atom stereocenters. The predicted molar refractivity (Wildman–Crippen MR) is 118 cm³/mol. The zero-order valence-corrected chi connectivity index (χ0v) is 18.0. The van der Waals surface area contributed by atoms with Gasteiger partial charge in [0.25, 0.3) is 0 Å². The summed E-state index contributed by atoms with van der Waals surface area (Å²) < 4.78 is 7.30. The van der Waals surface area contributed by atoms with Crippen LogP contribution in [-0.4, -0.2) is 33.5 Å². The molecular weight excluding hydrogens is 384 g/mol. The van der Waals surface area contributed by atoms with Gasteiger partial charge in [0, 0.05) is 17.8 Å². The Hall–Kier alpha value is -2.80. The number of benzene rings is 2. The van der Waals surface area contributed by atoms with Gasteiger partial charge in [-0.15, -0.1) is 10.2 Å². The summed E-state index contributed by atoms with van der Waals surface area (Å²) in [7, 11) is 1.64. The lowest BCUT2D eigenvalue weighted by molar-refractivity contribution is -0.113. The van der Waals surface area contributed by atoms with Crippen molar-refractivity contribution in [3.63, 3.8) is 0 Å². The van der Waals surface area contributed by atoms with Gasteiger partial charge in [-0.05, 0) is 42.7 Å². The van der Waals surface area contributed by atoms with E-state index in [0.717, 1.165) is 28.0 Å². The Balaban J connectivity index is 1.66. The van der Waals surface area contributed by atoms with Crippen LogP contribution in [0.5, 0.6) is 5.75 Å². The van der Waals surface area contributed by atoms with Crippen molar-refractivity contribution in [1.82, 2.24) is 14.8 Å². The first-order valence-electron chi connectivity index (χ1n) is 9.62. The lowest BCUT2D eigenvalue weighted by Crippen LogP contribution is -2.14. The molecule has 0 radical (unpaired) electrons. The van der Waals surface area contributed by atoms with Gasteiger partial charge in [-0.1, -0.05) is 49.9 Å². The second-order valence-corrected chi connectivity index (χ2v) is 7.84. The van der Waals surface area contributed by atoms with E-state index in [1.165, 1.54) is 17.3 Å². The Bertz CT molecular complexity index is 967. The highest BCUT2D eigenvalue weighted by atomic mass is 32.2. The third-order valence-corrected chi connectivity index (χ3v) is 5.52. The Kier molecular flexibility index (Phi) is 6.93. The number of carbonyl (C=O) groups excluding carboxylic acids is 1. The van der Waals surface area contributed by atoms with E-state index >= 15 is 0 Å². The maximum atomic E-state index is 12.4. The van der Waals surface area contributed by atoms with Crippen LogP contribution in [0.25, 0.3) is 11.4 Å². The molecule has 0 aliphatic heterocycles. The zero-order chi connectivity index (χ0) is 20.8. The highest BCUT2D eigenvalue weighted by Crippen LogP contribution is 2.26. The van der Waals surface area contributed by atoms with Gasteiger partial charge in [0.15, 0.2) is 11.0 Å². The van der Waals surface area contributed by atoms with Crippen LogP contribution in [0.3, 0.4) is 0 Å². The number of methoxy groups -OCH3 is 1. The van der Waals surface area contributed by atoms with Crippen molar-refractivity contribution in [2.24, 2.45) is 0 Å². The molecule has 0 aliphatic carbocycles. The van der Waals surface area contributed by atoms with Crippen LogP contribution in [0, 0.1) is 0 Å². The van der Waals surface area contributed by atoms with Crippen LogP contribution in [0.1, 0.15) is 32.3 Å². The molecule has 152 valence electrons. The van der Waals surface area contributed by atoms with Crippen molar-refractivity contribution in [1.29, 1.82) is 0 Å². The normalized spacial score (nSPS) is 10.9. The summed E-state index contributed by atoms with van der Waals surface area (Å²) in [6.07, 6.45) is 0. The molecule has 3 aromatic rings. The molecule has 0 atom stereocenters. The van der Waals surface area contributed by atoms with E-state index in [1.54, 1.807) is 7.11 Å². The number of ether oxygens (including phenoxy) is 1. The zero-order valence-electron chi connectivity index (χ0n) is 17.2. The molecule has 0 fully saturated rings. The number of hydrogen-bond acceptors (Lipinski definition) is 5. The molecule has 1 aromatic heterocycles. The Labute approximate surface area is 175 Å². The third kappa shape index (κ3) is 5.17. The number of anilines is 1. The van der Waals surface area contributed by atoms with Crippen molar-refractivity contribution >= 4 is 23.4 Å². The lowest BCUT2D eigenvalue weighted by Gasteiger charge is -2.09. The van der Waals surface area contributed by atoms with E-state index in [1.807, 2.05) is 60.0 Å². The highest BCUT2D eigenvalue weighted by molar-refractivity contribution is 7.99. The number of thioether (sulfide) groups is 1. The average molecular weight is 411 g/mol. The number of nitrogens with zero attached hydrogens (tertiary/aromatic N) is 3. The molecule has 0 saturated heterocycles. The number of hydrogen-bond donors (Lipinski definition) is 1. The van der Waals surface area contributed by atoms with E-state index in [4.69, 9.17) is 4.74 Å². The minimum absolute atomic E-state index is 0.0686. The molecule has 2 aromatic carbocycles. The molecule has 0 bridgehead atoms. The van der Waals surface area contributed by atoms with Gasteiger partial charge in [-0.25, -0.2) is 0 Å². The molecule has 0 spiro atoms. The quantitative estimate of drug-likeness (QED) is 0.539. The van der Waals surface area contributed by atoms with E-state index in [-0.39, 0.29) is 11.7 Å². The average Bonchev–Trinajstić information content (AvgIpc) is 3.15. The summed E-state index contributed by atoms with van der Waals surface area (Å²) >= 11 is 1.38. The third-order valence-electron chi connectivity index (χ3n) is 4.55. The van der Waals surface area contributed by atoms with Crippen LogP contribution >= 0.6 is 11.8 Å². The fourth-order valence-electron chi connectivity index (χ4n) is 2.93. The maximum absolute atomic E-state index is 12.4. The number of nitrogens with one attached hydrogen (secondary N) is 1. The van der Waals surface area contributed by atoms with Crippen molar-refractivity contribution in [3.05, 3.63) is 54.1 Å². The van der Waals surface area contributed by atoms with Gasteiger partial charge >= 0.3 is 0 Å². The Morgan fingerprint density at radius 3 is 2.59 bits per heavy atom. The summed E-state index contributed by atoms with van der Waals surface area (Å²) in [6, 6.07) is 15.7. The summed E-state index contributed by atoms with van der Waals surface area (Å²) in [5.74, 6) is 2.20.